The van der Waals surface area contributed by atoms with Crippen molar-refractivity contribution in [2.45, 2.75) is 45.8 Å². The van der Waals surface area contributed by atoms with Crippen LogP contribution in [0.2, 0.25) is 5.02 Å². The zero-order valence-electron chi connectivity index (χ0n) is 13.2. The Kier molecular flexibility index (Phi) is 4.97. The van der Waals surface area contributed by atoms with E-state index in [2.05, 4.69) is 24.0 Å². The van der Waals surface area contributed by atoms with Gasteiger partial charge in [0.15, 0.2) is 6.29 Å². The van der Waals surface area contributed by atoms with Crippen molar-refractivity contribution < 1.29 is 9.47 Å². The lowest BCUT2D eigenvalue weighted by Crippen LogP contribution is -2.23. The third kappa shape index (κ3) is 3.60. The smallest absolute Gasteiger partial charge is 0.157 e. The molecule has 1 aromatic carbocycles. The van der Waals surface area contributed by atoms with Crippen LogP contribution < -0.4 is 0 Å². The Morgan fingerprint density at radius 2 is 2.14 bits per heavy atom. The van der Waals surface area contributed by atoms with Crippen molar-refractivity contribution in [3.8, 4) is 0 Å². The van der Waals surface area contributed by atoms with Crippen LogP contribution in [0, 0.1) is 13.8 Å². The van der Waals surface area contributed by atoms with Gasteiger partial charge in [-0.2, -0.15) is 0 Å². The van der Waals surface area contributed by atoms with Crippen molar-refractivity contribution in [1.29, 1.82) is 0 Å². The molecule has 0 bridgehead atoms. The highest BCUT2D eigenvalue weighted by Gasteiger charge is 2.14. The highest BCUT2D eigenvalue weighted by Crippen LogP contribution is 2.26. The van der Waals surface area contributed by atoms with Crippen LogP contribution >= 0.6 is 11.6 Å². The first-order chi connectivity index (χ1) is 10.6. The monoisotopic (exact) mass is 319 g/mol. The summed E-state index contributed by atoms with van der Waals surface area (Å²) in [6, 6.07) is 6.16. The Bertz CT molecular complexity index is 666. The SMILES string of the molecule is Cc1cc(Cl)c2cc(C)c(CCOC3CCCCO3)cc2n1. The molecule has 1 fully saturated rings. The lowest BCUT2D eigenvalue weighted by molar-refractivity contribution is -0.161. The van der Waals surface area contributed by atoms with E-state index < -0.39 is 0 Å². The van der Waals surface area contributed by atoms with E-state index in [9.17, 15) is 0 Å². The van der Waals surface area contributed by atoms with Crippen molar-refractivity contribution in [2.75, 3.05) is 13.2 Å². The minimum absolute atomic E-state index is 0.0238. The number of halogens is 1. The molecule has 2 heterocycles. The number of hydrogen-bond acceptors (Lipinski definition) is 3. The first-order valence-corrected chi connectivity index (χ1v) is 8.31. The van der Waals surface area contributed by atoms with Gasteiger partial charge in [0.1, 0.15) is 0 Å². The van der Waals surface area contributed by atoms with Gasteiger partial charge in [-0.15, -0.1) is 0 Å². The van der Waals surface area contributed by atoms with E-state index in [1.807, 2.05) is 13.0 Å². The van der Waals surface area contributed by atoms with Gasteiger partial charge in [0.05, 0.1) is 17.1 Å². The lowest BCUT2D eigenvalue weighted by Gasteiger charge is -2.22. The second kappa shape index (κ2) is 6.95. The summed E-state index contributed by atoms with van der Waals surface area (Å²) in [6.07, 6.45) is 4.20. The van der Waals surface area contributed by atoms with Gasteiger partial charge in [0.2, 0.25) is 0 Å². The van der Waals surface area contributed by atoms with Gasteiger partial charge in [-0.25, -0.2) is 0 Å². The average molecular weight is 320 g/mol. The molecule has 2 aromatic rings. The van der Waals surface area contributed by atoms with E-state index in [0.717, 1.165) is 47.5 Å². The number of hydrogen-bond donors (Lipinski definition) is 0. The fraction of sp³-hybridized carbons (Fsp3) is 0.500. The third-order valence-electron chi connectivity index (χ3n) is 4.16. The summed E-state index contributed by atoms with van der Waals surface area (Å²) in [5.41, 5.74) is 4.39. The number of benzene rings is 1. The summed E-state index contributed by atoms with van der Waals surface area (Å²) in [5, 5.41) is 1.79. The predicted molar refractivity (Wildman–Crippen MR) is 89.5 cm³/mol. The van der Waals surface area contributed by atoms with Gasteiger partial charge in [0.25, 0.3) is 0 Å². The minimum Gasteiger partial charge on any atom is -0.353 e. The van der Waals surface area contributed by atoms with Crippen molar-refractivity contribution in [3.05, 3.63) is 40.0 Å². The van der Waals surface area contributed by atoms with E-state index in [-0.39, 0.29) is 6.29 Å². The summed E-state index contributed by atoms with van der Waals surface area (Å²) in [7, 11) is 0. The molecule has 3 rings (SSSR count). The Labute approximate surface area is 136 Å². The molecule has 0 saturated carbocycles. The third-order valence-corrected chi connectivity index (χ3v) is 4.47. The molecule has 22 heavy (non-hydrogen) atoms. The maximum atomic E-state index is 6.31. The number of aryl methyl sites for hydroxylation is 2. The first kappa shape index (κ1) is 15.7. The largest absolute Gasteiger partial charge is 0.353 e. The van der Waals surface area contributed by atoms with Crippen molar-refractivity contribution in [2.24, 2.45) is 0 Å². The maximum absolute atomic E-state index is 6.31. The summed E-state index contributed by atoms with van der Waals surface area (Å²) in [5.74, 6) is 0. The molecule has 3 nitrogen and oxygen atoms in total. The van der Waals surface area contributed by atoms with Crippen LogP contribution in [0.4, 0.5) is 0 Å². The quantitative estimate of drug-likeness (QED) is 0.826. The predicted octanol–water partition coefficient (Wildman–Crippen LogP) is 4.59. The molecule has 1 aliphatic heterocycles. The molecule has 1 aliphatic rings. The summed E-state index contributed by atoms with van der Waals surface area (Å²) >= 11 is 6.31. The van der Waals surface area contributed by atoms with E-state index in [1.165, 1.54) is 17.5 Å². The lowest BCUT2D eigenvalue weighted by atomic mass is 10.0. The number of ether oxygens (including phenoxy) is 2. The van der Waals surface area contributed by atoms with Crippen LogP contribution in [0.15, 0.2) is 18.2 Å². The van der Waals surface area contributed by atoms with E-state index >= 15 is 0 Å². The molecule has 0 aliphatic carbocycles. The topological polar surface area (TPSA) is 31.4 Å². The highest BCUT2D eigenvalue weighted by molar-refractivity contribution is 6.35. The molecule has 1 saturated heterocycles. The van der Waals surface area contributed by atoms with Crippen LogP contribution in [0.3, 0.4) is 0 Å². The Hall–Kier alpha value is -1.16. The Morgan fingerprint density at radius 3 is 2.91 bits per heavy atom. The average Bonchev–Trinajstić information content (AvgIpc) is 2.50. The fourth-order valence-corrected chi connectivity index (χ4v) is 3.23. The molecule has 0 amide bonds. The second-order valence-electron chi connectivity index (χ2n) is 5.96. The molecular formula is C18H22ClNO2. The molecule has 4 heteroatoms. The standard InChI is InChI=1S/C18H22ClNO2/c1-12-9-15-16(19)10-13(2)20-17(15)11-14(12)6-8-22-18-5-3-4-7-21-18/h9-11,18H,3-8H2,1-2H3. The van der Waals surface area contributed by atoms with Gasteiger partial charge in [0, 0.05) is 17.7 Å². The van der Waals surface area contributed by atoms with Crippen molar-refractivity contribution in [3.63, 3.8) is 0 Å². The molecule has 0 spiro atoms. The van der Waals surface area contributed by atoms with Gasteiger partial charge in [-0.1, -0.05) is 11.6 Å². The molecule has 1 atom stereocenters. The zero-order chi connectivity index (χ0) is 15.5. The van der Waals surface area contributed by atoms with Crippen molar-refractivity contribution in [1.82, 2.24) is 4.98 Å². The van der Waals surface area contributed by atoms with Crippen LogP contribution in [0.25, 0.3) is 10.9 Å². The Morgan fingerprint density at radius 1 is 1.27 bits per heavy atom. The fourth-order valence-electron chi connectivity index (χ4n) is 2.92. The molecule has 0 N–H and O–H groups in total. The molecule has 118 valence electrons. The molecule has 0 radical (unpaired) electrons. The van der Waals surface area contributed by atoms with Gasteiger partial charge < -0.3 is 9.47 Å². The number of rotatable bonds is 4. The minimum atomic E-state index is -0.0238. The Balaban J connectivity index is 1.71. The number of nitrogens with zero attached hydrogens (tertiary/aromatic N) is 1. The van der Waals surface area contributed by atoms with E-state index in [4.69, 9.17) is 21.1 Å². The first-order valence-electron chi connectivity index (χ1n) is 7.93. The van der Waals surface area contributed by atoms with Crippen LogP contribution in [-0.2, 0) is 15.9 Å². The summed E-state index contributed by atoms with van der Waals surface area (Å²) in [6.45, 7) is 5.58. The summed E-state index contributed by atoms with van der Waals surface area (Å²) < 4.78 is 11.4. The number of pyridine rings is 1. The zero-order valence-corrected chi connectivity index (χ0v) is 13.9. The van der Waals surface area contributed by atoms with Crippen LogP contribution in [-0.4, -0.2) is 24.5 Å². The molecule has 1 unspecified atom stereocenters. The van der Waals surface area contributed by atoms with Gasteiger partial charge in [-0.05, 0) is 68.9 Å². The second-order valence-corrected chi connectivity index (χ2v) is 6.37. The maximum Gasteiger partial charge on any atom is 0.157 e. The number of aromatic nitrogens is 1. The summed E-state index contributed by atoms with van der Waals surface area (Å²) in [4.78, 5) is 4.59. The molecular weight excluding hydrogens is 298 g/mol. The highest BCUT2D eigenvalue weighted by atomic mass is 35.5. The van der Waals surface area contributed by atoms with Crippen LogP contribution in [0.5, 0.6) is 0 Å². The number of fused-ring (bicyclic) bond motifs is 1. The van der Waals surface area contributed by atoms with Crippen molar-refractivity contribution >= 4 is 22.5 Å². The van der Waals surface area contributed by atoms with Crippen LogP contribution in [0.1, 0.15) is 36.1 Å². The normalized spacial score (nSPS) is 18.8. The molecule has 1 aromatic heterocycles. The van der Waals surface area contributed by atoms with Gasteiger partial charge >= 0.3 is 0 Å². The van der Waals surface area contributed by atoms with E-state index in [0.29, 0.717) is 6.61 Å². The van der Waals surface area contributed by atoms with Gasteiger partial charge in [-0.3, -0.25) is 4.98 Å². The van der Waals surface area contributed by atoms with E-state index in [1.54, 1.807) is 0 Å².